The molecule has 19 heavy (non-hydrogen) atoms. The van der Waals surface area contributed by atoms with Crippen molar-refractivity contribution in [2.75, 3.05) is 13.2 Å². The summed E-state index contributed by atoms with van der Waals surface area (Å²) in [6, 6.07) is 3.46. The van der Waals surface area contributed by atoms with Crippen LogP contribution in [0.3, 0.4) is 0 Å². The summed E-state index contributed by atoms with van der Waals surface area (Å²) in [7, 11) is 0. The normalized spacial score (nSPS) is 11.2. The minimum absolute atomic E-state index is 0.0127. The van der Waals surface area contributed by atoms with Crippen LogP contribution in [-0.2, 0) is 22.3 Å². The van der Waals surface area contributed by atoms with Crippen LogP contribution in [0.25, 0.3) is 0 Å². The van der Waals surface area contributed by atoms with Crippen molar-refractivity contribution in [2.45, 2.75) is 19.6 Å². The van der Waals surface area contributed by atoms with Gasteiger partial charge in [0, 0.05) is 6.54 Å². The Balaban J connectivity index is 2.91. The molecule has 1 aromatic carbocycles. The Morgan fingerprint density at radius 1 is 1.37 bits per heavy atom. The Morgan fingerprint density at radius 2 is 2.05 bits per heavy atom. The van der Waals surface area contributed by atoms with Gasteiger partial charge >= 0.3 is 12.1 Å². The molecule has 0 saturated carbocycles. The third-order valence-corrected chi connectivity index (χ3v) is 2.24. The third kappa shape index (κ3) is 4.44. The van der Waals surface area contributed by atoms with Gasteiger partial charge in [0.2, 0.25) is 0 Å². The Bertz CT molecular complexity index is 446. The highest BCUT2D eigenvalue weighted by Crippen LogP contribution is 2.36. The molecular formula is C12H14F3NO3. The third-order valence-electron chi connectivity index (χ3n) is 2.24. The first kappa shape index (κ1) is 15.3. The molecule has 7 heteroatoms. The van der Waals surface area contributed by atoms with Gasteiger partial charge in [0.25, 0.3) is 0 Å². The van der Waals surface area contributed by atoms with Crippen LogP contribution in [0.4, 0.5) is 13.2 Å². The fourth-order valence-electron chi connectivity index (χ4n) is 1.39. The summed E-state index contributed by atoms with van der Waals surface area (Å²) >= 11 is 0. The number of nitrogens with two attached hydrogens (primary N) is 1. The second-order valence-electron chi connectivity index (χ2n) is 3.63. The predicted molar refractivity (Wildman–Crippen MR) is 61.5 cm³/mol. The molecule has 1 rings (SSSR count). The number of benzene rings is 1. The molecule has 0 aliphatic carbocycles. The van der Waals surface area contributed by atoms with E-state index in [0.29, 0.717) is 5.56 Å². The number of alkyl halides is 3. The number of esters is 1. The molecular weight excluding hydrogens is 263 g/mol. The molecule has 0 unspecified atom stereocenters. The SMILES string of the molecule is CCOC(=O)COc1ccc(CN)cc1C(F)(F)F. The van der Waals surface area contributed by atoms with Crippen LogP contribution in [-0.4, -0.2) is 19.2 Å². The molecule has 0 heterocycles. The standard InChI is InChI=1S/C12H14F3NO3/c1-2-18-11(17)7-19-10-4-3-8(6-16)5-9(10)12(13,14)15/h3-5H,2,6-7,16H2,1H3. The van der Waals surface area contributed by atoms with E-state index in [1.54, 1.807) is 6.92 Å². The number of ether oxygens (including phenoxy) is 2. The van der Waals surface area contributed by atoms with Crippen molar-refractivity contribution >= 4 is 5.97 Å². The molecule has 0 spiro atoms. The van der Waals surface area contributed by atoms with Crippen LogP contribution in [0.5, 0.6) is 5.75 Å². The van der Waals surface area contributed by atoms with E-state index >= 15 is 0 Å². The Labute approximate surface area is 108 Å². The number of hydrogen-bond acceptors (Lipinski definition) is 4. The molecule has 1 aromatic rings. The molecule has 4 nitrogen and oxygen atoms in total. The molecule has 2 N–H and O–H groups in total. The lowest BCUT2D eigenvalue weighted by atomic mass is 10.1. The molecule has 0 aliphatic heterocycles. The summed E-state index contributed by atoms with van der Waals surface area (Å²) in [5.74, 6) is -1.14. The lowest BCUT2D eigenvalue weighted by Crippen LogP contribution is -2.17. The molecule has 0 aromatic heterocycles. The number of carbonyl (C=O) groups is 1. The van der Waals surface area contributed by atoms with Crippen molar-refractivity contribution in [3.05, 3.63) is 29.3 Å². The summed E-state index contributed by atoms with van der Waals surface area (Å²) < 4.78 is 47.8. The van der Waals surface area contributed by atoms with Crippen LogP contribution in [0, 0.1) is 0 Å². The van der Waals surface area contributed by atoms with Crippen molar-refractivity contribution in [3.63, 3.8) is 0 Å². The fraction of sp³-hybridized carbons (Fsp3) is 0.417. The number of rotatable bonds is 5. The quantitative estimate of drug-likeness (QED) is 0.837. The van der Waals surface area contributed by atoms with E-state index in [4.69, 9.17) is 10.5 Å². The number of carbonyl (C=O) groups excluding carboxylic acids is 1. The molecule has 0 atom stereocenters. The van der Waals surface area contributed by atoms with Crippen LogP contribution in [0.15, 0.2) is 18.2 Å². The average Bonchev–Trinajstić information content (AvgIpc) is 2.35. The van der Waals surface area contributed by atoms with Crippen molar-refractivity contribution in [1.82, 2.24) is 0 Å². The van der Waals surface area contributed by atoms with Crippen LogP contribution < -0.4 is 10.5 Å². The number of hydrogen-bond donors (Lipinski definition) is 1. The highest BCUT2D eigenvalue weighted by Gasteiger charge is 2.34. The molecule has 0 aliphatic rings. The minimum Gasteiger partial charge on any atom is -0.481 e. The topological polar surface area (TPSA) is 61.5 Å². The summed E-state index contributed by atoms with van der Waals surface area (Å²) in [5.41, 5.74) is 4.66. The maximum absolute atomic E-state index is 12.8. The van der Waals surface area contributed by atoms with E-state index in [-0.39, 0.29) is 13.2 Å². The summed E-state index contributed by atoms with van der Waals surface area (Å²) in [6.07, 6.45) is -4.57. The summed E-state index contributed by atoms with van der Waals surface area (Å²) in [5, 5.41) is 0. The van der Waals surface area contributed by atoms with E-state index in [1.165, 1.54) is 6.07 Å². The van der Waals surface area contributed by atoms with Gasteiger partial charge in [-0.15, -0.1) is 0 Å². The van der Waals surface area contributed by atoms with Crippen molar-refractivity contribution in [1.29, 1.82) is 0 Å². The maximum Gasteiger partial charge on any atom is 0.419 e. The van der Waals surface area contributed by atoms with Gasteiger partial charge in [-0.25, -0.2) is 4.79 Å². The van der Waals surface area contributed by atoms with Gasteiger partial charge in [-0.2, -0.15) is 13.2 Å². The zero-order valence-electron chi connectivity index (χ0n) is 10.3. The van der Waals surface area contributed by atoms with Crippen LogP contribution >= 0.6 is 0 Å². The molecule has 0 amide bonds. The first-order chi connectivity index (χ1) is 8.88. The van der Waals surface area contributed by atoms with Gasteiger partial charge in [0.15, 0.2) is 6.61 Å². The van der Waals surface area contributed by atoms with Crippen molar-refractivity contribution in [2.24, 2.45) is 5.73 Å². The van der Waals surface area contributed by atoms with E-state index in [2.05, 4.69) is 4.74 Å². The van der Waals surface area contributed by atoms with Crippen LogP contribution in [0.2, 0.25) is 0 Å². The highest BCUT2D eigenvalue weighted by atomic mass is 19.4. The van der Waals surface area contributed by atoms with Gasteiger partial charge < -0.3 is 15.2 Å². The molecule has 0 radical (unpaired) electrons. The van der Waals surface area contributed by atoms with E-state index in [1.807, 2.05) is 0 Å². The monoisotopic (exact) mass is 277 g/mol. The van der Waals surface area contributed by atoms with E-state index in [0.717, 1.165) is 12.1 Å². The molecule has 0 bridgehead atoms. The minimum atomic E-state index is -4.57. The highest BCUT2D eigenvalue weighted by molar-refractivity contribution is 5.71. The van der Waals surface area contributed by atoms with Crippen molar-refractivity contribution in [3.8, 4) is 5.75 Å². The Morgan fingerprint density at radius 3 is 2.58 bits per heavy atom. The lowest BCUT2D eigenvalue weighted by Gasteiger charge is -2.14. The predicted octanol–water partition coefficient (Wildman–Crippen LogP) is 2.11. The Hall–Kier alpha value is -1.76. The first-order valence-electron chi connectivity index (χ1n) is 5.57. The second-order valence-corrected chi connectivity index (χ2v) is 3.63. The van der Waals surface area contributed by atoms with Gasteiger partial charge in [-0.05, 0) is 24.6 Å². The average molecular weight is 277 g/mol. The van der Waals surface area contributed by atoms with Gasteiger partial charge in [-0.1, -0.05) is 6.07 Å². The lowest BCUT2D eigenvalue weighted by molar-refractivity contribution is -0.147. The van der Waals surface area contributed by atoms with E-state index in [9.17, 15) is 18.0 Å². The van der Waals surface area contributed by atoms with E-state index < -0.39 is 30.1 Å². The zero-order chi connectivity index (χ0) is 14.5. The molecule has 0 fully saturated rings. The molecule has 106 valence electrons. The Kier molecular flexibility index (Phi) is 5.17. The first-order valence-corrected chi connectivity index (χ1v) is 5.57. The van der Waals surface area contributed by atoms with Gasteiger partial charge in [0.1, 0.15) is 5.75 Å². The van der Waals surface area contributed by atoms with Crippen molar-refractivity contribution < 1.29 is 27.4 Å². The smallest absolute Gasteiger partial charge is 0.419 e. The fourth-order valence-corrected chi connectivity index (χ4v) is 1.39. The van der Waals surface area contributed by atoms with Gasteiger partial charge in [-0.3, -0.25) is 0 Å². The maximum atomic E-state index is 12.8. The second kappa shape index (κ2) is 6.42. The largest absolute Gasteiger partial charge is 0.481 e. The molecule has 0 saturated heterocycles. The summed E-state index contributed by atoms with van der Waals surface area (Å²) in [6.45, 7) is 1.15. The zero-order valence-corrected chi connectivity index (χ0v) is 10.3. The van der Waals surface area contributed by atoms with Gasteiger partial charge in [0.05, 0.1) is 12.2 Å². The summed E-state index contributed by atoms with van der Waals surface area (Å²) in [4.78, 5) is 11.1. The van der Waals surface area contributed by atoms with Crippen LogP contribution in [0.1, 0.15) is 18.1 Å². The number of halogens is 3.